The van der Waals surface area contributed by atoms with Crippen LogP contribution < -0.4 is 15.4 Å². The molecular weight excluding hydrogens is 458 g/mol. The molecule has 178 valence electrons. The summed E-state index contributed by atoms with van der Waals surface area (Å²) in [5, 5.41) is 6.34. The Morgan fingerprint density at radius 3 is 2.45 bits per heavy atom. The highest BCUT2D eigenvalue weighted by Crippen LogP contribution is 2.26. The fourth-order valence-electron chi connectivity index (χ4n) is 4.04. The normalized spacial score (nSPS) is 15.6. The monoisotopic (exact) mass is 489 g/mol. The summed E-state index contributed by atoms with van der Waals surface area (Å²) in [6.45, 7) is 2.49. The summed E-state index contributed by atoms with van der Waals surface area (Å²) < 4.78 is 5.29. The number of benzene rings is 2. The summed E-state index contributed by atoms with van der Waals surface area (Å²) in [5.74, 6) is 1.05. The standard InChI is InChI=1S/C25H32ClN3O3S/c1-32-19-11-9-18(10-12-19)23(29-14-5-6-15-29)17-27-25(31)22(13-16-33-2)28-24(30)20-7-3-4-8-21(20)26/h3-4,7-12,22-23H,5-6,13-17H2,1-2H3,(H,27,31)(H,28,30)/t22-,23-/m1/s1. The van der Waals surface area contributed by atoms with Gasteiger partial charge in [0.05, 0.1) is 23.7 Å². The minimum absolute atomic E-state index is 0.0721. The van der Waals surface area contributed by atoms with Crippen LogP contribution in [0.15, 0.2) is 48.5 Å². The van der Waals surface area contributed by atoms with Crippen molar-refractivity contribution in [1.29, 1.82) is 0 Å². The van der Waals surface area contributed by atoms with Crippen molar-refractivity contribution in [1.82, 2.24) is 15.5 Å². The summed E-state index contributed by atoms with van der Waals surface area (Å²) in [7, 11) is 1.65. The van der Waals surface area contributed by atoms with Crippen LogP contribution in [-0.4, -0.2) is 61.5 Å². The van der Waals surface area contributed by atoms with Gasteiger partial charge in [0.25, 0.3) is 5.91 Å². The Hall–Kier alpha value is -2.22. The van der Waals surface area contributed by atoms with Crippen LogP contribution in [0.5, 0.6) is 5.75 Å². The second kappa shape index (κ2) is 12.9. The number of hydrogen-bond donors (Lipinski definition) is 2. The zero-order valence-electron chi connectivity index (χ0n) is 19.2. The molecule has 0 radical (unpaired) electrons. The molecule has 0 saturated carbocycles. The second-order valence-electron chi connectivity index (χ2n) is 8.06. The first-order chi connectivity index (χ1) is 16.0. The van der Waals surface area contributed by atoms with Crippen LogP contribution in [0.1, 0.15) is 41.2 Å². The molecule has 33 heavy (non-hydrogen) atoms. The van der Waals surface area contributed by atoms with Gasteiger partial charge in [0.1, 0.15) is 11.8 Å². The van der Waals surface area contributed by atoms with Crippen molar-refractivity contribution in [2.24, 2.45) is 0 Å². The maximum absolute atomic E-state index is 13.1. The van der Waals surface area contributed by atoms with Gasteiger partial charge >= 0.3 is 0 Å². The smallest absolute Gasteiger partial charge is 0.253 e. The van der Waals surface area contributed by atoms with Crippen LogP contribution in [-0.2, 0) is 4.79 Å². The van der Waals surface area contributed by atoms with Crippen LogP contribution in [0.2, 0.25) is 5.02 Å². The number of methoxy groups -OCH3 is 1. The molecule has 0 unspecified atom stereocenters. The van der Waals surface area contributed by atoms with Crippen LogP contribution in [0.4, 0.5) is 0 Å². The van der Waals surface area contributed by atoms with E-state index in [9.17, 15) is 9.59 Å². The maximum Gasteiger partial charge on any atom is 0.253 e. The summed E-state index contributed by atoms with van der Waals surface area (Å²) >= 11 is 7.81. The van der Waals surface area contributed by atoms with Crippen molar-refractivity contribution in [3.8, 4) is 5.75 Å². The van der Waals surface area contributed by atoms with Gasteiger partial charge in [0.15, 0.2) is 0 Å². The molecule has 2 amide bonds. The largest absolute Gasteiger partial charge is 0.497 e. The van der Waals surface area contributed by atoms with Gasteiger partial charge in [0, 0.05) is 6.54 Å². The van der Waals surface area contributed by atoms with Gasteiger partial charge < -0.3 is 15.4 Å². The minimum atomic E-state index is -0.628. The van der Waals surface area contributed by atoms with Crippen molar-refractivity contribution in [3.05, 3.63) is 64.7 Å². The number of amides is 2. The molecule has 1 saturated heterocycles. The van der Waals surface area contributed by atoms with Gasteiger partial charge in [0.2, 0.25) is 5.91 Å². The van der Waals surface area contributed by atoms with Crippen molar-refractivity contribution < 1.29 is 14.3 Å². The molecule has 0 spiro atoms. The first-order valence-electron chi connectivity index (χ1n) is 11.2. The number of likely N-dealkylation sites (tertiary alicyclic amines) is 1. The number of halogens is 1. The Balaban J connectivity index is 1.69. The molecule has 1 aliphatic heterocycles. The quantitative estimate of drug-likeness (QED) is 0.496. The first-order valence-corrected chi connectivity index (χ1v) is 13.0. The third-order valence-electron chi connectivity index (χ3n) is 5.90. The summed E-state index contributed by atoms with van der Waals surface area (Å²) in [5.41, 5.74) is 1.51. The summed E-state index contributed by atoms with van der Waals surface area (Å²) in [4.78, 5) is 28.3. The molecule has 2 N–H and O–H groups in total. The SMILES string of the molecule is COc1ccc([C@@H](CNC(=O)[C@@H](CCSC)NC(=O)c2ccccc2Cl)N2CCCC2)cc1. The molecule has 1 aliphatic rings. The molecule has 1 heterocycles. The number of ether oxygens (including phenoxy) is 1. The number of thioether (sulfide) groups is 1. The molecule has 3 rings (SSSR count). The Morgan fingerprint density at radius 1 is 1.12 bits per heavy atom. The predicted octanol–water partition coefficient (Wildman–Crippen LogP) is 4.15. The van der Waals surface area contributed by atoms with Gasteiger partial charge in [-0.1, -0.05) is 35.9 Å². The van der Waals surface area contributed by atoms with E-state index in [2.05, 4.69) is 27.7 Å². The van der Waals surface area contributed by atoms with Crippen LogP contribution >= 0.6 is 23.4 Å². The van der Waals surface area contributed by atoms with E-state index in [0.717, 1.165) is 43.0 Å². The lowest BCUT2D eigenvalue weighted by molar-refractivity contribution is -0.123. The number of rotatable bonds is 11. The third kappa shape index (κ3) is 7.13. The summed E-state index contributed by atoms with van der Waals surface area (Å²) in [6, 6.07) is 14.3. The molecule has 2 atom stereocenters. The molecular formula is C25H32ClN3O3S. The zero-order valence-corrected chi connectivity index (χ0v) is 20.8. The average Bonchev–Trinajstić information content (AvgIpc) is 3.37. The number of hydrogen-bond acceptors (Lipinski definition) is 5. The average molecular weight is 490 g/mol. The summed E-state index contributed by atoms with van der Waals surface area (Å²) in [6.07, 6.45) is 4.84. The molecule has 0 aromatic heterocycles. The van der Waals surface area contributed by atoms with Crippen LogP contribution in [0, 0.1) is 0 Å². The van der Waals surface area contributed by atoms with Crippen molar-refractivity contribution in [3.63, 3.8) is 0 Å². The van der Waals surface area contributed by atoms with Gasteiger partial charge in [-0.3, -0.25) is 14.5 Å². The second-order valence-corrected chi connectivity index (χ2v) is 9.46. The predicted molar refractivity (Wildman–Crippen MR) is 135 cm³/mol. The molecule has 1 fully saturated rings. The van der Waals surface area contributed by atoms with Crippen molar-refractivity contribution in [2.45, 2.75) is 31.3 Å². The molecule has 8 heteroatoms. The fourth-order valence-corrected chi connectivity index (χ4v) is 4.74. The Labute approximate surface area is 205 Å². The third-order valence-corrected chi connectivity index (χ3v) is 6.88. The maximum atomic E-state index is 13.1. The number of nitrogens with one attached hydrogen (secondary N) is 2. The van der Waals surface area contributed by atoms with Crippen molar-refractivity contribution in [2.75, 3.05) is 38.8 Å². The van der Waals surface area contributed by atoms with E-state index in [1.807, 2.05) is 18.4 Å². The highest BCUT2D eigenvalue weighted by molar-refractivity contribution is 7.98. The number of carbonyl (C=O) groups is 2. The first kappa shape index (κ1) is 25.4. The minimum Gasteiger partial charge on any atom is -0.497 e. The Morgan fingerprint density at radius 2 is 1.82 bits per heavy atom. The fraction of sp³-hybridized carbons (Fsp3) is 0.440. The Bertz CT molecular complexity index is 919. The molecule has 2 aromatic rings. The van der Waals surface area contributed by atoms with E-state index in [-0.39, 0.29) is 17.9 Å². The zero-order chi connectivity index (χ0) is 23.6. The highest BCUT2D eigenvalue weighted by Gasteiger charge is 2.27. The van der Waals surface area contributed by atoms with Gasteiger partial charge in [-0.2, -0.15) is 11.8 Å². The Kier molecular flexibility index (Phi) is 9.91. The topological polar surface area (TPSA) is 70.7 Å². The van der Waals surface area contributed by atoms with Gasteiger partial charge in [-0.25, -0.2) is 0 Å². The lowest BCUT2D eigenvalue weighted by Crippen LogP contribution is -2.49. The van der Waals surface area contributed by atoms with Crippen LogP contribution in [0.25, 0.3) is 0 Å². The molecule has 0 bridgehead atoms. The lowest BCUT2D eigenvalue weighted by Gasteiger charge is -2.29. The van der Waals surface area contributed by atoms with E-state index in [4.69, 9.17) is 16.3 Å². The van der Waals surface area contributed by atoms with Crippen molar-refractivity contribution >= 4 is 35.2 Å². The van der Waals surface area contributed by atoms with Gasteiger partial charge in [-0.15, -0.1) is 0 Å². The van der Waals surface area contributed by atoms with E-state index >= 15 is 0 Å². The molecule has 0 aliphatic carbocycles. The van der Waals surface area contributed by atoms with E-state index in [1.165, 1.54) is 0 Å². The van der Waals surface area contributed by atoms with Gasteiger partial charge in [-0.05, 0) is 74.2 Å². The van der Waals surface area contributed by atoms with E-state index in [1.54, 1.807) is 43.1 Å². The van der Waals surface area contributed by atoms with E-state index < -0.39 is 6.04 Å². The molecule has 6 nitrogen and oxygen atoms in total. The van der Waals surface area contributed by atoms with Crippen LogP contribution in [0.3, 0.4) is 0 Å². The lowest BCUT2D eigenvalue weighted by atomic mass is 10.0. The molecule has 2 aromatic carbocycles. The van der Waals surface area contributed by atoms with E-state index in [0.29, 0.717) is 23.6 Å². The number of nitrogens with zero attached hydrogens (tertiary/aromatic N) is 1. The highest BCUT2D eigenvalue weighted by atomic mass is 35.5. The number of carbonyl (C=O) groups excluding carboxylic acids is 2.